The Morgan fingerprint density at radius 3 is 2.69 bits per heavy atom. The molecule has 0 aliphatic heterocycles. The molecule has 3 rings (SSSR count). The highest BCUT2D eigenvalue weighted by Gasteiger charge is 2.18. The van der Waals surface area contributed by atoms with Gasteiger partial charge in [-0.15, -0.1) is 11.3 Å². The van der Waals surface area contributed by atoms with E-state index >= 15 is 0 Å². The molecule has 5 nitrogen and oxygen atoms in total. The molecule has 0 bridgehead atoms. The summed E-state index contributed by atoms with van der Waals surface area (Å²) in [4.78, 5) is 18.3. The lowest BCUT2D eigenvalue weighted by atomic mass is 10.2. The molecule has 0 atom stereocenters. The lowest BCUT2D eigenvalue weighted by Gasteiger charge is -2.18. The van der Waals surface area contributed by atoms with Crippen molar-refractivity contribution in [3.8, 4) is 11.8 Å². The van der Waals surface area contributed by atoms with E-state index in [1.165, 1.54) is 18.3 Å². The summed E-state index contributed by atoms with van der Waals surface area (Å²) in [5.74, 6) is 0.574. The van der Waals surface area contributed by atoms with Crippen LogP contribution in [0.25, 0.3) is 0 Å². The molecule has 0 aliphatic carbocycles. The molecule has 0 N–H and O–H groups in total. The van der Waals surface area contributed by atoms with E-state index in [0.29, 0.717) is 23.1 Å². The highest BCUT2D eigenvalue weighted by molar-refractivity contribution is 7.14. The number of carbonyl (C=O) groups excluding carboxylic acids is 1. The van der Waals surface area contributed by atoms with Gasteiger partial charge in [0.1, 0.15) is 12.4 Å². The maximum absolute atomic E-state index is 12.1. The van der Waals surface area contributed by atoms with Gasteiger partial charge in [-0.05, 0) is 48.9 Å². The SMILES string of the molecule is CC(=O)N(c1cccc(C)c1)c1nc(COc2ccc(C#N)cc2)cs1. The van der Waals surface area contributed by atoms with Gasteiger partial charge in [-0.25, -0.2) is 4.98 Å². The van der Waals surface area contributed by atoms with Crippen molar-refractivity contribution in [3.05, 3.63) is 70.7 Å². The van der Waals surface area contributed by atoms with E-state index in [4.69, 9.17) is 10.00 Å². The number of thiazole rings is 1. The number of anilines is 2. The quantitative estimate of drug-likeness (QED) is 0.665. The van der Waals surface area contributed by atoms with Crippen LogP contribution in [0.1, 0.15) is 23.7 Å². The van der Waals surface area contributed by atoms with Crippen molar-refractivity contribution in [3.63, 3.8) is 0 Å². The van der Waals surface area contributed by atoms with Crippen LogP contribution in [0.4, 0.5) is 10.8 Å². The molecule has 130 valence electrons. The Morgan fingerprint density at radius 2 is 2.04 bits per heavy atom. The summed E-state index contributed by atoms with van der Waals surface area (Å²) in [6.07, 6.45) is 0. The second-order valence-corrected chi connectivity index (χ2v) is 6.58. The first-order chi connectivity index (χ1) is 12.6. The van der Waals surface area contributed by atoms with Gasteiger partial charge in [0.2, 0.25) is 5.91 Å². The minimum atomic E-state index is -0.0930. The van der Waals surface area contributed by atoms with Crippen molar-refractivity contribution < 1.29 is 9.53 Å². The number of aryl methyl sites for hydroxylation is 1. The minimum absolute atomic E-state index is 0.0930. The number of hydrogen-bond donors (Lipinski definition) is 0. The molecule has 0 unspecified atom stereocenters. The Morgan fingerprint density at radius 1 is 1.27 bits per heavy atom. The third-order valence-corrected chi connectivity index (χ3v) is 4.55. The predicted octanol–water partition coefficient (Wildman–Crippen LogP) is 4.59. The smallest absolute Gasteiger partial charge is 0.230 e. The van der Waals surface area contributed by atoms with Gasteiger partial charge in [-0.2, -0.15) is 5.26 Å². The molecule has 2 aromatic carbocycles. The highest BCUT2D eigenvalue weighted by Crippen LogP contribution is 2.29. The minimum Gasteiger partial charge on any atom is -0.487 e. The number of amides is 1. The van der Waals surface area contributed by atoms with Gasteiger partial charge in [0.25, 0.3) is 0 Å². The van der Waals surface area contributed by atoms with E-state index < -0.39 is 0 Å². The van der Waals surface area contributed by atoms with Gasteiger partial charge >= 0.3 is 0 Å². The Balaban J connectivity index is 1.74. The molecule has 26 heavy (non-hydrogen) atoms. The van der Waals surface area contributed by atoms with Crippen LogP contribution < -0.4 is 9.64 Å². The molecular formula is C20H17N3O2S. The molecule has 0 saturated heterocycles. The summed E-state index contributed by atoms with van der Waals surface area (Å²) in [6.45, 7) is 3.80. The second kappa shape index (κ2) is 7.81. The van der Waals surface area contributed by atoms with E-state index in [0.717, 1.165) is 16.9 Å². The standard InChI is InChI=1S/C20H17N3O2S/c1-14-4-3-5-18(10-14)23(15(2)24)20-22-17(13-26-20)12-25-19-8-6-16(11-21)7-9-19/h3-10,13H,12H2,1-2H3. The van der Waals surface area contributed by atoms with Crippen LogP contribution in [0.15, 0.2) is 53.9 Å². The summed E-state index contributed by atoms with van der Waals surface area (Å²) >= 11 is 1.40. The van der Waals surface area contributed by atoms with Gasteiger partial charge in [-0.1, -0.05) is 12.1 Å². The monoisotopic (exact) mass is 363 g/mol. The van der Waals surface area contributed by atoms with Crippen molar-refractivity contribution in [2.75, 3.05) is 4.90 Å². The van der Waals surface area contributed by atoms with Gasteiger partial charge in [0, 0.05) is 12.3 Å². The van der Waals surface area contributed by atoms with Crippen molar-refractivity contribution >= 4 is 28.1 Å². The third-order valence-electron chi connectivity index (χ3n) is 3.68. The first kappa shape index (κ1) is 17.6. The van der Waals surface area contributed by atoms with Gasteiger partial charge < -0.3 is 4.74 Å². The fourth-order valence-corrected chi connectivity index (χ4v) is 3.31. The molecule has 1 amide bonds. The van der Waals surface area contributed by atoms with Gasteiger partial charge in [0.15, 0.2) is 5.13 Å². The van der Waals surface area contributed by atoms with E-state index in [9.17, 15) is 4.79 Å². The Labute approximate surface area is 156 Å². The number of nitrogens with zero attached hydrogens (tertiary/aromatic N) is 3. The van der Waals surface area contributed by atoms with Crippen molar-refractivity contribution in [2.24, 2.45) is 0 Å². The zero-order valence-corrected chi connectivity index (χ0v) is 15.3. The third kappa shape index (κ3) is 4.08. The molecule has 3 aromatic rings. The number of carbonyl (C=O) groups is 1. The predicted molar refractivity (Wildman–Crippen MR) is 102 cm³/mol. The van der Waals surface area contributed by atoms with Gasteiger partial charge in [0.05, 0.1) is 23.0 Å². The maximum Gasteiger partial charge on any atom is 0.230 e. The first-order valence-electron chi connectivity index (χ1n) is 8.01. The van der Waals surface area contributed by atoms with Crippen molar-refractivity contribution in [1.82, 2.24) is 4.98 Å². The van der Waals surface area contributed by atoms with Crippen LogP contribution in [-0.4, -0.2) is 10.9 Å². The van der Waals surface area contributed by atoms with Crippen molar-refractivity contribution in [1.29, 1.82) is 5.26 Å². The van der Waals surface area contributed by atoms with E-state index in [1.54, 1.807) is 29.2 Å². The van der Waals surface area contributed by atoms with Crippen LogP contribution in [0.5, 0.6) is 5.75 Å². The second-order valence-electron chi connectivity index (χ2n) is 5.74. The lowest BCUT2D eigenvalue weighted by Crippen LogP contribution is -2.22. The zero-order chi connectivity index (χ0) is 18.5. The number of ether oxygens (including phenoxy) is 1. The zero-order valence-electron chi connectivity index (χ0n) is 14.5. The Hall–Kier alpha value is -3.17. The average Bonchev–Trinajstić information content (AvgIpc) is 3.09. The molecule has 0 radical (unpaired) electrons. The molecule has 1 heterocycles. The highest BCUT2D eigenvalue weighted by atomic mass is 32.1. The van der Waals surface area contributed by atoms with E-state index in [1.807, 2.05) is 36.6 Å². The molecule has 0 saturated carbocycles. The maximum atomic E-state index is 12.1. The lowest BCUT2D eigenvalue weighted by molar-refractivity contribution is -0.115. The number of benzene rings is 2. The van der Waals surface area contributed by atoms with Crippen LogP contribution in [0.2, 0.25) is 0 Å². The molecule has 0 aliphatic rings. The van der Waals surface area contributed by atoms with E-state index in [2.05, 4.69) is 11.1 Å². The number of hydrogen-bond acceptors (Lipinski definition) is 5. The summed E-state index contributed by atoms with van der Waals surface area (Å²) in [7, 11) is 0. The largest absolute Gasteiger partial charge is 0.487 e. The molecule has 0 fully saturated rings. The summed E-state index contributed by atoms with van der Waals surface area (Å²) < 4.78 is 5.70. The average molecular weight is 363 g/mol. The summed E-state index contributed by atoms with van der Waals surface area (Å²) in [5, 5.41) is 11.3. The normalized spacial score (nSPS) is 10.2. The van der Waals surface area contributed by atoms with Crippen LogP contribution >= 0.6 is 11.3 Å². The van der Waals surface area contributed by atoms with Gasteiger partial charge in [-0.3, -0.25) is 9.69 Å². The Bertz CT molecular complexity index is 958. The van der Waals surface area contributed by atoms with Crippen LogP contribution in [0, 0.1) is 18.3 Å². The van der Waals surface area contributed by atoms with Crippen molar-refractivity contribution in [2.45, 2.75) is 20.5 Å². The van der Waals surface area contributed by atoms with Crippen LogP contribution in [-0.2, 0) is 11.4 Å². The first-order valence-corrected chi connectivity index (χ1v) is 8.89. The number of rotatable bonds is 5. The van der Waals surface area contributed by atoms with E-state index in [-0.39, 0.29) is 5.91 Å². The fourth-order valence-electron chi connectivity index (χ4n) is 2.44. The number of aromatic nitrogens is 1. The summed E-state index contributed by atoms with van der Waals surface area (Å²) in [5.41, 5.74) is 3.21. The molecule has 1 aromatic heterocycles. The fraction of sp³-hybridized carbons (Fsp3) is 0.150. The summed E-state index contributed by atoms with van der Waals surface area (Å²) in [6, 6.07) is 16.7. The number of nitriles is 1. The van der Waals surface area contributed by atoms with Crippen LogP contribution in [0.3, 0.4) is 0 Å². The Kier molecular flexibility index (Phi) is 5.30. The molecule has 6 heteroatoms. The topological polar surface area (TPSA) is 66.2 Å². The molecule has 0 spiro atoms. The molecular weight excluding hydrogens is 346 g/mol.